The van der Waals surface area contributed by atoms with Crippen molar-refractivity contribution in [2.24, 2.45) is 5.92 Å². The van der Waals surface area contributed by atoms with Crippen LogP contribution in [0.1, 0.15) is 23.2 Å². The summed E-state index contributed by atoms with van der Waals surface area (Å²) >= 11 is 0. The average molecular weight is 411 g/mol. The third-order valence-electron chi connectivity index (χ3n) is 5.43. The summed E-state index contributed by atoms with van der Waals surface area (Å²) in [6, 6.07) is 14.8. The van der Waals surface area contributed by atoms with Gasteiger partial charge in [0.05, 0.1) is 12.8 Å². The third-order valence-corrected chi connectivity index (χ3v) is 5.43. The Labute approximate surface area is 178 Å². The molecule has 3 rings (SSSR count). The molecule has 0 radical (unpaired) electrons. The fourth-order valence-electron chi connectivity index (χ4n) is 3.55. The fourth-order valence-corrected chi connectivity index (χ4v) is 3.55. The van der Waals surface area contributed by atoms with Gasteiger partial charge in [-0.1, -0.05) is 18.2 Å². The highest BCUT2D eigenvalue weighted by Crippen LogP contribution is 2.24. The molecule has 1 fully saturated rings. The number of benzene rings is 2. The third kappa shape index (κ3) is 5.43. The second-order valence-corrected chi connectivity index (χ2v) is 7.72. The van der Waals surface area contributed by atoms with Crippen molar-refractivity contribution in [1.29, 1.82) is 0 Å². The lowest BCUT2D eigenvalue weighted by Crippen LogP contribution is -2.43. The van der Waals surface area contributed by atoms with E-state index in [1.54, 1.807) is 7.11 Å². The van der Waals surface area contributed by atoms with Crippen LogP contribution in [0.15, 0.2) is 48.5 Å². The number of para-hydroxylation sites is 2. The van der Waals surface area contributed by atoms with E-state index in [1.165, 1.54) is 0 Å². The molecule has 1 aliphatic heterocycles. The van der Waals surface area contributed by atoms with Crippen molar-refractivity contribution in [2.75, 3.05) is 51.1 Å². The van der Waals surface area contributed by atoms with Crippen molar-refractivity contribution in [3.8, 4) is 5.75 Å². The highest BCUT2D eigenvalue weighted by Gasteiger charge is 2.24. The molecule has 3 amide bonds. The fraction of sp³-hybridized carbons (Fsp3) is 0.391. The van der Waals surface area contributed by atoms with E-state index in [9.17, 15) is 9.59 Å². The number of hydrogen-bond acceptors (Lipinski definition) is 4. The van der Waals surface area contributed by atoms with Crippen LogP contribution >= 0.6 is 0 Å². The van der Waals surface area contributed by atoms with E-state index in [2.05, 4.69) is 10.6 Å². The molecule has 0 atom stereocenters. The summed E-state index contributed by atoms with van der Waals surface area (Å²) < 4.78 is 5.29. The van der Waals surface area contributed by atoms with Crippen LogP contribution in [0.5, 0.6) is 5.75 Å². The number of hydrogen-bond donors (Lipinski definition) is 2. The van der Waals surface area contributed by atoms with E-state index in [1.807, 2.05) is 72.4 Å². The lowest BCUT2D eigenvalue weighted by Gasteiger charge is -2.32. The first-order valence-corrected chi connectivity index (χ1v) is 10.2. The van der Waals surface area contributed by atoms with Gasteiger partial charge in [-0.2, -0.15) is 0 Å². The van der Waals surface area contributed by atoms with E-state index < -0.39 is 0 Å². The van der Waals surface area contributed by atoms with E-state index in [4.69, 9.17) is 4.74 Å². The Hall–Kier alpha value is -3.22. The molecule has 0 aromatic heterocycles. The molecular weight excluding hydrogens is 380 g/mol. The molecule has 2 aromatic carbocycles. The van der Waals surface area contributed by atoms with Gasteiger partial charge in [-0.25, -0.2) is 4.79 Å². The normalized spacial score (nSPS) is 14.2. The topological polar surface area (TPSA) is 73.9 Å². The van der Waals surface area contributed by atoms with Crippen molar-refractivity contribution in [3.63, 3.8) is 0 Å². The molecule has 160 valence electrons. The lowest BCUT2D eigenvalue weighted by molar-refractivity contribution is 0.0939. The first-order valence-electron chi connectivity index (χ1n) is 10.2. The van der Waals surface area contributed by atoms with Crippen LogP contribution in [0.4, 0.5) is 16.2 Å². The zero-order valence-electron chi connectivity index (χ0n) is 17.9. The van der Waals surface area contributed by atoms with Crippen molar-refractivity contribution >= 4 is 23.3 Å². The van der Waals surface area contributed by atoms with Gasteiger partial charge >= 0.3 is 6.03 Å². The number of carbonyl (C=O) groups excluding carboxylic acids is 2. The summed E-state index contributed by atoms with van der Waals surface area (Å²) in [5, 5.41) is 5.96. The van der Waals surface area contributed by atoms with Crippen LogP contribution in [-0.4, -0.2) is 57.7 Å². The van der Waals surface area contributed by atoms with Crippen LogP contribution in [0.25, 0.3) is 0 Å². The monoisotopic (exact) mass is 410 g/mol. The molecular formula is C23H30N4O3. The second-order valence-electron chi connectivity index (χ2n) is 7.72. The smallest absolute Gasteiger partial charge is 0.321 e. The predicted molar refractivity (Wildman–Crippen MR) is 119 cm³/mol. The van der Waals surface area contributed by atoms with Gasteiger partial charge in [0.2, 0.25) is 0 Å². The van der Waals surface area contributed by atoms with Crippen molar-refractivity contribution in [2.45, 2.75) is 12.8 Å². The highest BCUT2D eigenvalue weighted by atomic mass is 16.5. The van der Waals surface area contributed by atoms with Crippen LogP contribution in [0.2, 0.25) is 0 Å². The summed E-state index contributed by atoms with van der Waals surface area (Å²) in [6.07, 6.45) is 1.72. The van der Waals surface area contributed by atoms with Gasteiger partial charge in [0.25, 0.3) is 5.91 Å². The molecule has 0 unspecified atom stereocenters. The molecule has 0 bridgehead atoms. The van der Waals surface area contributed by atoms with Gasteiger partial charge in [-0.15, -0.1) is 0 Å². The Kier molecular flexibility index (Phi) is 7.17. The number of likely N-dealkylation sites (tertiary alicyclic amines) is 1. The zero-order chi connectivity index (χ0) is 21.5. The quantitative estimate of drug-likeness (QED) is 0.765. The number of amides is 3. The van der Waals surface area contributed by atoms with Gasteiger partial charge in [0.15, 0.2) is 0 Å². The molecule has 2 N–H and O–H groups in total. The minimum atomic E-state index is -0.123. The SMILES string of the molecule is COc1ccccc1NC(=O)N1CCC(CNC(=O)c2cccc(N(C)C)c2)CC1. The maximum atomic E-state index is 12.6. The summed E-state index contributed by atoms with van der Waals surface area (Å²) in [7, 11) is 5.49. The minimum absolute atomic E-state index is 0.0601. The van der Waals surface area contributed by atoms with Crippen LogP contribution in [0.3, 0.4) is 0 Å². The summed E-state index contributed by atoms with van der Waals surface area (Å²) in [4.78, 5) is 28.8. The first-order chi connectivity index (χ1) is 14.5. The number of carbonyl (C=O) groups is 2. The molecule has 1 aliphatic rings. The van der Waals surface area contributed by atoms with Crippen molar-refractivity contribution in [3.05, 3.63) is 54.1 Å². The van der Waals surface area contributed by atoms with Gasteiger partial charge in [0.1, 0.15) is 5.75 Å². The molecule has 1 saturated heterocycles. The Bertz CT molecular complexity index is 876. The largest absolute Gasteiger partial charge is 0.495 e. The van der Waals surface area contributed by atoms with Crippen molar-refractivity contribution in [1.82, 2.24) is 10.2 Å². The molecule has 0 saturated carbocycles. The van der Waals surface area contributed by atoms with Gasteiger partial charge < -0.3 is 25.2 Å². The summed E-state index contributed by atoms with van der Waals surface area (Å²) in [6.45, 7) is 1.95. The minimum Gasteiger partial charge on any atom is -0.495 e. The molecule has 0 aliphatic carbocycles. The summed E-state index contributed by atoms with van der Waals surface area (Å²) in [5.74, 6) is 0.943. The summed E-state index contributed by atoms with van der Waals surface area (Å²) in [5.41, 5.74) is 2.33. The molecule has 1 heterocycles. The standard InChI is InChI=1S/C23H30N4O3/c1-26(2)19-8-6-7-18(15-19)22(28)24-16-17-11-13-27(14-12-17)23(29)25-20-9-4-5-10-21(20)30-3/h4-10,15,17H,11-14,16H2,1-3H3,(H,24,28)(H,25,29). The predicted octanol–water partition coefficient (Wildman–Crippen LogP) is 3.44. The average Bonchev–Trinajstić information content (AvgIpc) is 2.78. The molecule has 7 heteroatoms. The van der Waals surface area contributed by atoms with E-state index in [0.29, 0.717) is 42.6 Å². The molecule has 7 nitrogen and oxygen atoms in total. The molecule has 0 spiro atoms. The number of nitrogens with zero attached hydrogens (tertiary/aromatic N) is 2. The van der Waals surface area contributed by atoms with Gasteiger partial charge in [-0.05, 0) is 49.1 Å². The van der Waals surface area contributed by atoms with Crippen molar-refractivity contribution < 1.29 is 14.3 Å². The van der Waals surface area contributed by atoms with Gasteiger partial charge in [0, 0.05) is 45.0 Å². The maximum Gasteiger partial charge on any atom is 0.321 e. The number of nitrogens with one attached hydrogen (secondary N) is 2. The van der Waals surface area contributed by atoms with E-state index >= 15 is 0 Å². The van der Waals surface area contributed by atoms with Crippen LogP contribution in [0, 0.1) is 5.92 Å². The first kappa shape index (κ1) is 21.5. The Morgan fingerprint density at radius 2 is 1.83 bits per heavy atom. The zero-order valence-corrected chi connectivity index (χ0v) is 17.9. The Balaban J connectivity index is 1.46. The van der Waals surface area contributed by atoms with E-state index in [-0.39, 0.29) is 11.9 Å². The number of ether oxygens (including phenoxy) is 1. The number of piperidine rings is 1. The molecule has 30 heavy (non-hydrogen) atoms. The number of rotatable bonds is 6. The Morgan fingerprint density at radius 1 is 1.10 bits per heavy atom. The number of anilines is 2. The Morgan fingerprint density at radius 3 is 2.53 bits per heavy atom. The second kappa shape index (κ2) is 10.0. The highest BCUT2D eigenvalue weighted by molar-refractivity contribution is 5.95. The van der Waals surface area contributed by atoms with E-state index in [0.717, 1.165) is 18.5 Å². The number of urea groups is 1. The number of methoxy groups -OCH3 is 1. The van der Waals surface area contributed by atoms with Crippen LogP contribution in [-0.2, 0) is 0 Å². The van der Waals surface area contributed by atoms with Gasteiger partial charge in [-0.3, -0.25) is 4.79 Å². The maximum absolute atomic E-state index is 12.6. The van der Waals surface area contributed by atoms with Crippen LogP contribution < -0.4 is 20.3 Å². The molecule has 2 aromatic rings. The lowest BCUT2D eigenvalue weighted by atomic mass is 9.97.